The zero-order valence-corrected chi connectivity index (χ0v) is 11.7. The zero-order valence-electron chi connectivity index (χ0n) is 10.9. The number of anilines is 1. The Morgan fingerprint density at radius 3 is 2.53 bits per heavy atom. The lowest BCUT2D eigenvalue weighted by Gasteiger charge is -2.21. The summed E-state index contributed by atoms with van der Waals surface area (Å²) < 4.78 is 39.7. The van der Waals surface area contributed by atoms with Crippen LogP contribution in [0.2, 0.25) is 0 Å². The zero-order chi connectivity index (χ0) is 14.6. The number of hydrogen-bond acceptors (Lipinski definition) is 4. The van der Waals surface area contributed by atoms with Crippen LogP contribution in [0.5, 0.6) is 0 Å². The number of nitrogens with one attached hydrogen (secondary N) is 1. The van der Waals surface area contributed by atoms with Crippen molar-refractivity contribution in [3.8, 4) is 0 Å². The van der Waals surface area contributed by atoms with Crippen molar-refractivity contribution in [1.82, 2.24) is 4.72 Å². The molecular formula is C12H19FN2O3S. The standard InChI is InChI=1S/C12H19FN2O3S/c1-8(2)11(5-6-16)15-19(17,18)12-4-3-9(13)7-10(12)14/h3-4,7-8,11,15-16H,5-6,14H2,1-2H3. The van der Waals surface area contributed by atoms with Gasteiger partial charge in [-0.25, -0.2) is 17.5 Å². The van der Waals surface area contributed by atoms with Gasteiger partial charge in [0, 0.05) is 12.6 Å². The molecule has 0 spiro atoms. The van der Waals surface area contributed by atoms with Crippen molar-refractivity contribution in [2.24, 2.45) is 5.92 Å². The van der Waals surface area contributed by atoms with E-state index in [4.69, 9.17) is 10.8 Å². The topological polar surface area (TPSA) is 92.4 Å². The van der Waals surface area contributed by atoms with Crippen LogP contribution in [0.15, 0.2) is 23.1 Å². The number of hydrogen-bond donors (Lipinski definition) is 3. The molecule has 1 unspecified atom stereocenters. The summed E-state index contributed by atoms with van der Waals surface area (Å²) in [5.41, 5.74) is 5.38. The molecule has 0 aliphatic rings. The van der Waals surface area contributed by atoms with Crippen LogP contribution in [0.4, 0.5) is 10.1 Å². The van der Waals surface area contributed by atoms with E-state index in [0.717, 1.165) is 18.2 Å². The highest BCUT2D eigenvalue weighted by molar-refractivity contribution is 7.89. The van der Waals surface area contributed by atoms with Gasteiger partial charge in [0.2, 0.25) is 10.0 Å². The fourth-order valence-electron chi connectivity index (χ4n) is 1.69. The van der Waals surface area contributed by atoms with Crippen LogP contribution in [0.25, 0.3) is 0 Å². The Hall–Kier alpha value is -1.18. The Morgan fingerprint density at radius 1 is 1.42 bits per heavy atom. The Balaban J connectivity index is 3.03. The molecule has 108 valence electrons. The molecule has 0 fully saturated rings. The molecule has 0 aliphatic heterocycles. The van der Waals surface area contributed by atoms with Gasteiger partial charge in [-0.15, -0.1) is 0 Å². The maximum absolute atomic E-state index is 12.9. The van der Waals surface area contributed by atoms with Crippen LogP contribution in [0.1, 0.15) is 20.3 Å². The van der Waals surface area contributed by atoms with Crippen LogP contribution in [0, 0.1) is 11.7 Å². The lowest BCUT2D eigenvalue weighted by molar-refractivity contribution is 0.256. The summed E-state index contributed by atoms with van der Waals surface area (Å²) in [6.07, 6.45) is 0.304. The third kappa shape index (κ3) is 4.15. The van der Waals surface area contributed by atoms with Crippen LogP contribution in [-0.2, 0) is 10.0 Å². The SMILES string of the molecule is CC(C)C(CCO)NS(=O)(=O)c1ccc(F)cc1N. The Bertz CT molecular complexity index is 532. The highest BCUT2D eigenvalue weighted by Crippen LogP contribution is 2.20. The monoisotopic (exact) mass is 290 g/mol. The highest BCUT2D eigenvalue weighted by Gasteiger charge is 2.24. The van der Waals surface area contributed by atoms with E-state index in [1.54, 1.807) is 0 Å². The summed E-state index contributed by atoms with van der Waals surface area (Å²) in [6.45, 7) is 3.57. The van der Waals surface area contributed by atoms with Crippen LogP contribution in [-0.4, -0.2) is 26.2 Å². The lowest BCUT2D eigenvalue weighted by Crippen LogP contribution is -2.39. The van der Waals surface area contributed by atoms with Crippen molar-refractivity contribution >= 4 is 15.7 Å². The fraction of sp³-hybridized carbons (Fsp3) is 0.500. The molecule has 0 aliphatic carbocycles. The van der Waals surface area contributed by atoms with Gasteiger partial charge in [0.15, 0.2) is 0 Å². The molecular weight excluding hydrogens is 271 g/mol. The first-order chi connectivity index (χ1) is 8.77. The number of aliphatic hydroxyl groups excluding tert-OH is 1. The molecule has 5 nitrogen and oxygen atoms in total. The van der Waals surface area contributed by atoms with E-state index in [1.165, 1.54) is 0 Å². The highest BCUT2D eigenvalue weighted by atomic mass is 32.2. The molecule has 0 heterocycles. The molecule has 0 saturated carbocycles. The number of nitrogen functional groups attached to an aromatic ring is 1. The largest absolute Gasteiger partial charge is 0.398 e. The average molecular weight is 290 g/mol. The summed E-state index contributed by atoms with van der Waals surface area (Å²) in [7, 11) is -3.83. The van der Waals surface area contributed by atoms with Gasteiger partial charge in [-0.3, -0.25) is 0 Å². The molecule has 0 aromatic heterocycles. The van der Waals surface area contributed by atoms with Gasteiger partial charge in [-0.2, -0.15) is 0 Å². The second-order valence-corrected chi connectivity index (χ2v) is 6.35. The minimum absolute atomic E-state index is 0.0172. The van der Waals surface area contributed by atoms with Gasteiger partial charge in [-0.1, -0.05) is 13.8 Å². The van der Waals surface area contributed by atoms with E-state index in [9.17, 15) is 12.8 Å². The number of halogens is 1. The molecule has 0 radical (unpaired) electrons. The Labute approximate surface area is 112 Å². The minimum Gasteiger partial charge on any atom is -0.398 e. The van der Waals surface area contributed by atoms with Gasteiger partial charge in [-0.05, 0) is 30.5 Å². The van der Waals surface area contributed by atoms with Crippen LogP contribution >= 0.6 is 0 Å². The minimum atomic E-state index is -3.83. The molecule has 7 heteroatoms. The van der Waals surface area contributed by atoms with Crippen LogP contribution in [0.3, 0.4) is 0 Å². The maximum Gasteiger partial charge on any atom is 0.242 e. The van der Waals surface area contributed by atoms with E-state index < -0.39 is 21.9 Å². The summed E-state index contributed by atoms with van der Waals surface area (Å²) in [6, 6.07) is 2.73. The second-order valence-electron chi connectivity index (χ2n) is 4.67. The number of aliphatic hydroxyl groups is 1. The fourth-order valence-corrected chi connectivity index (χ4v) is 3.23. The number of rotatable bonds is 6. The summed E-state index contributed by atoms with van der Waals surface area (Å²) >= 11 is 0. The summed E-state index contributed by atoms with van der Waals surface area (Å²) in [5.74, 6) is -0.573. The van der Waals surface area contributed by atoms with Crippen molar-refractivity contribution in [2.75, 3.05) is 12.3 Å². The van der Waals surface area contributed by atoms with E-state index in [1.807, 2.05) is 13.8 Å². The Kier molecular flexibility index (Phi) is 5.28. The average Bonchev–Trinajstić information content (AvgIpc) is 2.27. The van der Waals surface area contributed by atoms with E-state index >= 15 is 0 Å². The number of sulfonamides is 1. The first-order valence-corrected chi connectivity index (χ1v) is 7.44. The normalized spacial score (nSPS) is 13.7. The van der Waals surface area contributed by atoms with E-state index in [2.05, 4.69) is 4.72 Å². The first-order valence-electron chi connectivity index (χ1n) is 5.96. The third-order valence-electron chi connectivity index (χ3n) is 2.81. The maximum atomic E-state index is 12.9. The molecule has 0 bridgehead atoms. The van der Waals surface area contributed by atoms with Gasteiger partial charge in [0.05, 0.1) is 5.69 Å². The van der Waals surface area contributed by atoms with Gasteiger partial charge in [0.25, 0.3) is 0 Å². The van der Waals surface area contributed by atoms with Crippen LogP contribution < -0.4 is 10.5 Å². The number of benzene rings is 1. The van der Waals surface area contributed by atoms with Gasteiger partial charge in [0.1, 0.15) is 10.7 Å². The smallest absolute Gasteiger partial charge is 0.242 e. The Morgan fingerprint density at radius 2 is 2.05 bits per heavy atom. The number of nitrogens with two attached hydrogens (primary N) is 1. The quantitative estimate of drug-likeness (QED) is 0.684. The van der Waals surface area contributed by atoms with Crippen molar-refractivity contribution in [3.63, 3.8) is 0 Å². The summed E-state index contributed by atoms with van der Waals surface area (Å²) in [4.78, 5) is -0.155. The molecule has 0 saturated heterocycles. The third-order valence-corrected chi connectivity index (χ3v) is 4.38. The molecule has 1 aromatic rings. The van der Waals surface area contributed by atoms with Crippen molar-refractivity contribution < 1.29 is 17.9 Å². The van der Waals surface area contributed by atoms with E-state index in [0.29, 0.717) is 6.42 Å². The van der Waals surface area contributed by atoms with Crippen molar-refractivity contribution in [1.29, 1.82) is 0 Å². The molecule has 1 aromatic carbocycles. The second kappa shape index (κ2) is 6.31. The predicted molar refractivity (Wildman–Crippen MR) is 71.5 cm³/mol. The predicted octanol–water partition coefficient (Wildman–Crippen LogP) is 1.09. The van der Waals surface area contributed by atoms with E-state index in [-0.39, 0.29) is 23.1 Å². The van der Waals surface area contributed by atoms with Gasteiger partial charge < -0.3 is 10.8 Å². The van der Waals surface area contributed by atoms with Crippen molar-refractivity contribution in [3.05, 3.63) is 24.0 Å². The molecule has 0 amide bonds. The summed E-state index contributed by atoms with van der Waals surface area (Å²) in [5, 5.41) is 8.93. The van der Waals surface area contributed by atoms with Crippen molar-refractivity contribution in [2.45, 2.75) is 31.2 Å². The molecule has 1 atom stereocenters. The molecule has 19 heavy (non-hydrogen) atoms. The molecule has 4 N–H and O–H groups in total. The first kappa shape index (κ1) is 15.9. The molecule has 1 rings (SSSR count). The van der Waals surface area contributed by atoms with Gasteiger partial charge >= 0.3 is 0 Å². The lowest BCUT2D eigenvalue weighted by atomic mass is 10.0.